The van der Waals surface area contributed by atoms with Crippen molar-refractivity contribution >= 4 is 5.91 Å². The summed E-state index contributed by atoms with van der Waals surface area (Å²) in [6, 6.07) is 0.170. The molecule has 0 unspecified atom stereocenters. The van der Waals surface area contributed by atoms with Crippen molar-refractivity contribution in [1.82, 2.24) is 19.9 Å². The van der Waals surface area contributed by atoms with E-state index < -0.39 is 0 Å². The first-order chi connectivity index (χ1) is 9.10. The molecule has 108 valence electrons. The zero-order valence-electron chi connectivity index (χ0n) is 12.2. The van der Waals surface area contributed by atoms with Crippen molar-refractivity contribution < 1.29 is 4.79 Å². The SMILES string of the molecule is CCCCCN(C(=O)c1cn(CCN)nn1)C(C)C. The van der Waals surface area contributed by atoms with E-state index in [9.17, 15) is 4.79 Å². The molecular weight excluding hydrogens is 242 g/mol. The number of amides is 1. The Bertz CT molecular complexity index is 388. The third-order valence-electron chi connectivity index (χ3n) is 3.00. The average molecular weight is 267 g/mol. The van der Waals surface area contributed by atoms with Crippen LogP contribution < -0.4 is 5.73 Å². The average Bonchev–Trinajstić information content (AvgIpc) is 2.82. The summed E-state index contributed by atoms with van der Waals surface area (Å²) in [6.07, 6.45) is 4.98. The van der Waals surface area contributed by atoms with E-state index in [0.29, 0.717) is 18.8 Å². The molecule has 1 aromatic heterocycles. The van der Waals surface area contributed by atoms with Crippen molar-refractivity contribution in [2.75, 3.05) is 13.1 Å². The number of nitrogens with zero attached hydrogens (tertiary/aromatic N) is 4. The second-order valence-corrected chi connectivity index (χ2v) is 4.95. The Morgan fingerprint density at radius 3 is 2.79 bits per heavy atom. The number of carbonyl (C=O) groups is 1. The molecule has 0 aliphatic rings. The maximum Gasteiger partial charge on any atom is 0.276 e. The fourth-order valence-corrected chi connectivity index (χ4v) is 1.91. The van der Waals surface area contributed by atoms with Crippen LogP contribution in [-0.2, 0) is 6.54 Å². The number of hydrogen-bond donors (Lipinski definition) is 1. The largest absolute Gasteiger partial charge is 0.335 e. The topological polar surface area (TPSA) is 77.0 Å². The molecule has 1 heterocycles. The number of rotatable bonds is 8. The van der Waals surface area contributed by atoms with Gasteiger partial charge in [0.25, 0.3) is 5.91 Å². The molecule has 1 amide bonds. The lowest BCUT2D eigenvalue weighted by atomic mass is 10.2. The zero-order chi connectivity index (χ0) is 14.3. The lowest BCUT2D eigenvalue weighted by Gasteiger charge is -2.25. The van der Waals surface area contributed by atoms with Crippen molar-refractivity contribution in [3.05, 3.63) is 11.9 Å². The Balaban J connectivity index is 2.68. The second kappa shape index (κ2) is 7.89. The highest BCUT2D eigenvalue weighted by Crippen LogP contribution is 2.08. The molecule has 0 bridgehead atoms. The molecule has 0 radical (unpaired) electrons. The predicted octanol–water partition coefficient (Wildman–Crippen LogP) is 1.28. The van der Waals surface area contributed by atoms with E-state index in [1.54, 1.807) is 10.9 Å². The number of carbonyl (C=O) groups excluding carboxylic acids is 1. The fourth-order valence-electron chi connectivity index (χ4n) is 1.91. The lowest BCUT2D eigenvalue weighted by Crippen LogP contribution is -2.38. The Morgan fingerprint density at radius 2 is 2.21 bits per heavy atom. The van der Waals surface area contributed by atoms with E-state index >= 15 is 0 Å². The van der Waals surface area contributed by atoms with Crippen LogP contribution in [0.4, 0.5) is 0 Å². The molecule has 0 fully saturated rings. The van der Waals surface area contributed by atoms with E-state index in [1.807, 2.05) is 18.7 Å². The Hall–Kier alpha value is -1.43. The highest BCUT2D eigenvalue weighted by atomic mass is 16.2. The standard InChI is InChI=1S/C13H25N5O/c1-4-5-6-8-18(11(2)3)13(19)12-10-17(9-7-14)16-15-12/h10-11H,4-9,14H2,1-3H3. The quantitative estimate of drug-likeness (QED) is 0.720. The van der Waals surface area contributed by atoms with Gasteiger partial charge >= 0.3 is 0 Å². The Morgan fingerprint density at radius 1 is 1.47 bits per heavy atom. The van der Waals surface area contributed by atoms with Gasteiger partial charge in [0.15, 0.2) is 5.69 Å². The van der Waals surface area contributed by atoms with Crippen LogP contribution in [0.2, 0.25) is 0 Å². The Labute approximate surface area is 115 Å². The van der Waals surface area contributed by atoms with E-state index in [-0.39, 0.29) is 11.9 Å². The summed E-state index contributed by atoms with van der Waals surface area (Å²) in [6.45, 7) is 8.04. The van der Waals surface area contributed by atoms with Crippen LogP contribution in [-0.4, -0.2) is 44.9 Å². The number of unbranched alkanes of at least 4 members (excludes halogenated alkanes) is 2. The summed E-state index contributed by atoms with van der Waals surface area (Å²) >= 11 is 0. The molecule has 0 aliphatic heterocycles. The summed E-state index contributed by atoms with van der Waals surface area (Å²) < 4.78 is 1.61. The molecule has 1 rings (SSSR count). The van der Waals surface area contributed by atoms with Crippen molar-refractivity contribution in [2.45, 2.75) is 52.6 Å². The van der Waals surface area contributed by atoms with Gasteiger partial charge in [0.2, 0.25) is 0 Å². The molecule has 0 saturated carbocycles. The van der Waals surface area contributed by atoms with Crippen molar-refractivity contribution in [3.63, 3.8) is 0 Å². The predicted molar refractivity (Wildman–Crippen MR) is 74.8 cm³/mol. The monoisotopic (exact) mass is 267 g/mol. The second-order valence-electron chi connectivity index (χ2n) is 4.95. The molecule has 0 aliphatic carbocycles. The Kier molecular flexibility index (Phi) is 6.49. The van der Waals surface area contributed by atoms with Gasteiger partial charge in [0, 0.05) is 19.1 Å². The number of hydrogen-bond acceptors (Lipinski definition) is 4. The van der Waals surface area contributed by atoms with E-state index in [0.717, 1.165) is 25.8 Å². The summed E-state index contributed by atoms with van der Waals surface area (Å²) in [5.74, 6) is -0.0469. The first-order valence-corrected chi connectivity index (χ1v) is 7.01. The minimum Gasteiger partial charge on any atom is -0.335 e. The van der Waals surface area contributed by atoms with Crippen LogP contribution in [0.3, 0.4) is 0 Å². The third-order valence-corrected chi connectivity index (χ3v) is 3.00. The lowest BCUT2D eigenvalue weighted by molar-refractivity contribution is 0.0696. The van der Waals surface area contributed by atoms with E-state index in [4.69, 9.17) is 5.73 Å². The first-order valence-electron chi connectivity index (χ1n) is 7.01. The highest BCUT2D eigenvalue weighted by Gasteiger charge is 2.21. The molecule has 0 saturated heterocycles. The van der Waals surface area contributed by atoms with Crippen LogP contribution in [0, 0.1) is 0 Å². The van der Waals surface area contributed by atoms with Crippen LogP contribution >= 0.6 is 0 Å². The summed E-state index contributed by atoms with van der Waals surface area (Å²) in [4.78, 5) is 14.2. The normalized spacial score (nSPS) is 11.0. The molecule has 6 heteroatoms. The maximum absolute atomic E-state index is 12.4. The van der Waals surface area contributed by atoms with Gasteiger partial charge in [-0.25, -0.2) is 0 Å². The molecule has 6 nitrogen and oxygen atoms in total. The minimum atomic E-state index is -0.0469. The van der Waals surface area contributed by atoms with E-state index in [1.165, 1.54) is 0 Å². The van der Waals surface area contributed by atoms with Gasteiger partial charge in [-0.05, 0) is 20.3 Å². The van der Waals surface area contributed by atoms with Gasteiger partial charge in [-0.3, -0.25) is 9.48 Å². The molecular formula is C13H25N5O. The van der Waals surface area contributed by atoms with Crippen LogP contribution in [0.1, 0.15) is 50.5 Å². The molecule has 19 heavy (non-hydrogen) atoms. The van der Waals surface area contributed by atoms with Crippen molar-refractivity contribution in [2.24, 2.45) is 5.73 Å². The zero-order valence-corrected chi connectivity index (χ0v) is 12.2. The maximum atomic E-state index is 12.4. The van der Waals surface area contributed by atoms with Crippen molar-refractivity contribution in [3.8, 4) is 0 Å². The van der Waals surface area contributed by atoms with E-state index in [2.05, 4.69) is 17.2 Å². The van der Waals surface area contributed by atoms with Crippen LogP contribution in [0.25, 0.3) is 0 Å². The smallest absolute Gasteiger partial charge is 0.276 e. The van der Waals surface area contributed by atoms with Gasteiger partial charge in [-0.15, -0.1) is 5.10 Å². The minimum absolute atomic E-state index is 0.0469. The molecule has 0 atom stereocenters. The van der Waals surface area contributed by atoms with Crippen molar-refractivity contribution in [1.29, 1.82) is 0 Å². The molecule has 2 N–H and O–H groups in total. The molecule has 1 aromatic rings. The fraction of sp³-hybridized carbons (Fsp3) is 0.769. The number of aromatic nitrogens is 3. The van der Waals surface area contributed by atoms with Gasteiger partial charge in [-0.1, -0.05) is 25.0 Å². The van der Waals surface area contributed by atoms with Gasteiger partial charge < -0.3 is 10.6 Å². The summed E-state index contributed by atoms with van der Waals surface area (Å²) in [5, 5.41) is 7.84. The molecule has 0 spiro atoms. The van der Waals surface area contributed by atoms with Crippen LogP contribution in [0.15, 0.2) is 6.20 Å². The van der Waals surface area contributed by atoms with Gasteiger partial charge in [0.1, 0.15) is 0 Å². The highest BCUT2D eigenvalue weighted by molar-refractivity contribution is 5.92. The molecule has 0 aromatic carbocycles. The number of nitrogens with two attached hydrogens (primary N) is 1. The van der Waals surface area contributed by atoms with Gasteiger partial charge in [-0.2, -0.15) is 0 Å². The summed E-state index contributed by atoms with van der Waals surface area (Å²) in [7, 11) is 0. The first kappa shape index (κ1) is 15.6. The summed E-state index contributed by atoms with van der Waals surface area (Å²) in [5.41, 5.74) is 5.85. The van der Waals surface area contributed by atoms with Crippen LogP contribution in [0.5, 0.6) is 0 Å². The third kappa shape index (κ3) is 4.63. The van der Waals surface area contributed by atoms with Gasteiger partial charge in [0.05, 0.1) is 12.7 Å².